The third-order valence-corrected chi connectivity index (χ3v) is 9.51. The molecule has 5 rings (SSSR count). The first-order chi connectivity index (χ1) is 16.3. The number of halogens is 1. The summed E-state index contributed by atoms with van der Waals surface area (Å²) in [5.41, 5.74) is 1.71. The quantitative estimate of drug-likeness (QED) is 0.305. The summed E-state index contributed by atoms with van der Waals surface area (Å²) in [5, 5.41) is 13.3. The number of benzene rings is 2. The Labute approximate surface area is 206 Å². The third kappa shape index (κ3) is 4.27. The first kappa shape index (κ1) is 22.8. The maximum absolute atomic E-state index is 13.2. The van der Waals surface area contributed by atoms with E-state index in [-0.39, 0.29) is 23.2 Å². The summed E-state index contributed by atoms with van der Waals surface area (Å²) in [7, 11) is -3.65. The molecule has 0 saturated carbocycles. The van der Waals surface area contributed by atoms with Crippen LogP contribution in [0.5, 0.6) is 0 Å². The van der Waals surface area contributed by atoms with Gasteiger partial charge in [0.2, 0.25) is 5.69 Å². The van der Waals surface area contributed by atoms with Crippen LogP contribution in [0.15, 0.2) is 77.1 Å². The van der Waals surface area contributed by atoms with Gasteiger partial charge in [-0.1, -0.05) is 17.7 Å². The molecule has 34 heavy (non-hydrogen) atoms. The number of sulfonamides is 1. The number of thiophene rings is 1. The predicted octanol–water partition coefficient (Wildman–Crippen LogP) is 4.00. The van der Waals surface area contributed by atoms with Gasteiger partial charge in [0.05, 0.1) is 0 Å². The molecule has 7 nitrogen and oxygen atoms in total. The Kier molecular flexibility index (Phi) is 6.03. The molecular weight excluding hydrogens is 494 g/mol. The summed E-state index contributed by atoms with van der Waals surface area (Å²) in [6.07, 6.45) is 1.43. The molecule has 10 heteroatoms. The maximum Gasteiger partial charge on any atom is 0.253 e. The Balaban J connectivity index is 1.27. The zero-order valence-corrected chi connectivity index (χ0v) is 20.3. The van der Waals surface area contributed by atoms with Crippen molar-refractivity contribution in [2.75, 3.05) is 26.2 Å². The molecular formula is C24H20ClN3O4S2. The molecule has 3 heterocycles. The molecule has 1 amide bonds. The minimum Gasteiger partial charge on any atom is -0.618 e. The number of aromatic nitrogens is 1. The van der Waals surface area contributed by atoms with Crippen molar-refractivity contribution in [2.45, 2.75) is 4.21 Å². The van der Waals surface area contributed by atoms with Crippen molar-refractivity contribution in [3.63, 3.8) is 0 Å². The molecule has 1 saturated heterocycles. The van der Waals surface area contributed by atoms with Gasteiger partial charge in [0.1, 0.15) is 4.21 Å². The fraction of sp³-hybridized carbons (Fsp3) is 0.167. The zero-order valence-electron chi connectivity index (χ0n) is 17.9. The van der Waals surface area contributed by atoms with Crippen molar-refractivity contribution in [3.05, 3.63) is 88.7 Å². The van der Waals surface area contributed by atoms with Crippen LogP contribution in [0.25, 0.3) is 21.3 Å². The van der Waals surface area contributed by atoms with E-state index in [0.29, 0.717) is 34.9 Å². The zero-order chi connectivity index (χ0) is 23.9. The Morgan fingerprint density at radius 2 is 1.71 bits per heavy atom. The number of piperazine rings is 1. The van der Waals surface area contributed by atoms with Gasteiger partial charge in [-0.05, 0) is 53.9 Å². The van der Waals surface area contributed by atoms with Gasteiger partial charge in [-0.3, -0.25) is 4.79 Å². The van der Waals surface area contributed by atoms with Crippen molar-refractivity contribution < 1.29 is 17.9 Å². The van der Waals surface area contributed by atoms with Crippen LogP contribution in [0.1, 0.15) is 10.4 Å². The second-order valence-electron chi connectivity index (χ2n) is 7.93. The Morgan fingerprint density at radius 3 is 2.41 bits per heavy atom. The molecule has 0 spiro atoms. The van der Waals surface area contributed by atoms with Crippen LogP contribution in [-0.2, 0) is 10.0 Å². The number of amides is 1. The van der Waals surface area contributed by atoms with Gasteiger partial charge in [-0.25, -0.2) is 8.42 Å². The second-order valence-corrected chi connectivity index (χ2v) is 11.6. The van der Waals surface area contributed by atoms with Gasteiger partial charge in [-0.2, -0.15) is 9.04 Å². The van der Waals surface area contributed by atoms with E-state index in [2.05, 4.69) is 0 Å². The van der Waals surface area contributed by atoms with E-state index in [0.717, 1.165) is 14.8 Å². The van der Waals surface area contributed by atoms with Crippen molar-refractivity contribution in [1.29, 1.82) is 0 Å². The summed E-state index contributed by atoms with van der Waals surface area (Å²) in [4.78, 5) is 14.6. The Morgan fingerprint density at radius 1 is 0.971 bits per heavy atom. The van der Waals surface area contributed by atoms with E-state index in [1.165, 1.54) is 21.8 Å². The first-order valence-corrected chi connectivity index (χ1v) is 13.2. The maximum atomic E-state index is 13.2. The van der Waals surface area contributed by atoms with E-state index in [9.17, 15) is 18.4 Å². The molecule has 2 aromatic carbocycles. The van der Waals surface area contributed by atoms with Crippen LogP contribution in [-0.4, -0.2) is 49.7 Å². The fourth-order valence-electron chi connectivity index (χ4n) is 3.98. The van der Waals surface area contributed by atoms with E-state index in [1.54, 1.807) is 65.6 Å². The topological polar surface area (TPSA) is 84.6 Å². The number of nitrogens with zero attached hydrogens (tertiary/aromatic N) is 3. The van der Waals surface area contributed by atoms with Gasteiger partial charge in [0.15, 0.2) is 6.20 Å². The number of pyridine rings is 1. The third-order valence-electron chi connectivity index (χ3n) is 5.83. The average molecular weight is 514 g/mol. The second kappa shape index (κ2) is 8.99. The van der Waals surface area contributed by atoms with E-state index in [1.807, 2.05) is 6.07 Å². The van der Waals surface area contributed by atoms with E-state index >= 15 is 0 Å². The van der Waals surface area contributed by atoms with Gasteiger partial charge in [0.25, 0.3) is 15.9 Å². The van der Waals surface area contributed by atoms with Gasteiger partial charge >= 0.3 is 0 Å². The molecule has 0 radical (unpaired) electrons. The van der Waals surface area contributed by atoms with E-state index in [4.69, 9.17) is 11.6 Å². The molecule has 174 valence electrons. The fourth-order valence-corrected chi connectivity index (χ4v) is 7.24. The van der Waals surface area contributed by atoms with Crippen molar-refractivity contribution in [1.82, 2.24) is 9.21 Å². The highest BCUT2D eigenvalue weighted by molar-refractivity contribution is 7.91. The molecule has 0 bridgehead atoms. The summed E-state index contributed by atoms with van der Waals surface area (Å²) in [5.74, 6) is -0.164. The summed E-state index contributed by atoms with van der Waals surface area (Å²) in [6.45, 7) is 1.05. The molecule has 1 fully saturated rings. The lowest BCUT2D eigenvalue weighted by Crippen LogP contribution is -2.50. The minimum atomic E-state index is -3.65. The lowest BCUT2D eigenvalue weighted by atomic mass is 10.1. The number of carbonyl (C=O) groups excluding carboxylic acids is 1. The first-order valence-electron chi connectivity index (χ1n) is 10.6. The summed E-state index contributed by atoms with van der Waals surface area (Å²) < 4.78 is 29.6. The molecule has 0 atom stereocenters. The molecule has 4 aromatic rings. The standard InChI is InChI=1S/C24H20ClN3O4S2/c25-20-9-8-19-15-23(33-22(19)16-20)34(31,32)27-13-11-26(12-14-27)24(29)18-6-4-17(5-7-18)21-3-1-2-10-28(21)30/h1-10,15-16H,11-14H2. The van der Waals surface area contributed by atoms with Gasteiger partial charge in [0, 0.05) is 59.2 Å². The molecule has 1 aliphatic heterocycles. The largest absolute Gasteiger partial charge is 0.618 e. The average Bonchev–Trinajstić information content (AvgIpc) is 3.28. The Hall–Kier alpha value is -2.98. The Bertz CT molecular complexity index is 1480. The van der Waals surface area contributed by atoms with Crippen LogP contribution < -0.4 is 4.73 Å². The van der Waals surface area contributed by atoms with Gasteiger partial charge in [-0.15, -0.1) is 11.3 Å². The van der Waals surface area contributed by atoms with Crippen LogP contribution in [0.2, 0.25) is 5.02 Å². The van der Waals surface area contributed by atoms with Crippen molar-refractivity contribution in [3.8, 4) is 11.3 Å². The number of rotatable bonds is 4. The number of hydrogen-bond donors (Lipinski definition) is 0. The number of hydrogen-bond acceptors (Lipinski definition) is 5. The lowest BCUT2D eigenvalue weighted by Gasteiger charge is -2.33. The highest BCUT2D eigenvalue weighted by atomic mass is 35.5. The number of fused-ring (bicyclic) bond motifs is 1. The number of carbonyl (C=O) groups is 1. The minimum absolute atomic E-state index is 0.164. The monoisotopic (exact) mass is 513 g/mol. The molecule has 2 aromatic heterocycles. The van der Waals surface area contributed by atoms with Crippen LogP contribution in [0, 0.1) is 5.21 Å². The lowest BCUT2D eigenvalue weighted by molar-refractivity contribution is -0.593. The normalized spacial score (nSPS) is 15.0. The van der Waals surface area contributed by atoms with Crippen LogP contribution in [0.4, 0.5) is 0 Å². The smallest absolute Gasteiger partial charge is 0.253 e. The molecule has 1 aliphatic rings. The van der Waals surface area contributed by atoms with Crippen molar-refractivity contribution >= 4 is 49.0 Å². The van der Waals surface area contributed by atoms with Gasteiger partial charge < -0.3 is 10.1 Å². The van der Waals surface area contributed by atoms with E-state index < -0.39 is 10.0 Å². The molecule has 0 unspecified atom stereocenters. The summed E-state index contributed by atoms with van der Waals surface area (Å²) >= 11 is 7.23. The predicted molar refractivity (Wildman–Crippen MR) is 132 cm³/mol. The highest BCUT2D eigenvalue weighted by Crippen LogP contribution is 2.33. The highest BCUT2D eigenvalue weighted by Gasteiger charge is 2.31. The molecule has 0 N–H and O–H groups in total. The SMILES string of the molecule is O=C(c1ccc(-c2cccc[n+]2[O-])cc1)N1CCN(S(=O)(=O)c2cc3ccc(Cl)cc3s2)CC1. The van der Waals surface area contributed by atoms with Crippen molar-refractivity contribution in [2.24, 2.45) is 0 Å². The van der Waals surface area contributed by atoms with Crippen LogP contribution in [0.3, 0.4) is 0 Å². The summed E-state index contributed by atoms with van der Waals surface area (Å²) in [6, 6.07) is 19.0. The molecule has 0 aliphatic carbocycles. The van der Waals surface area contributed by atoms with Crippen LogP contribution >= 0.6 is 22.9 Å².